The van der Waals surface area contributed by atoms with Crippen molar-refractivity contribution >= 4 is 44.1 Å². The molecule has 4 nitrogen and oxygen atoms in total. The topological polar surface area (TPSA) is 47.3 Å². The Morgan fingerprint density at radius 2 is 2.00 bits per heavy atom. The van der Waals surface area contributed by atoms with E-state index in [1.165, 1.54) is 16.5 Å². The molecule has 0 radical (unpaired) electrons. The third-order valence-electron chi connectivity index (χ3n) is 3.94. The van der Waals surface area contributed by atoms with E-state index in [4.69, 9.17) is 0 Å². The molecule has 0 aliphatic carbocycles. The molecule has 4 rings (SSSR count). The fraction of sp³-hybridized carbons (Fsp3) is 0.167. The van der Waals surface area contributed by atoms with Gasteiger partial charge in [-0.2, -0.15) is 0 Å². The normalized spacial score (nSPS) is 11.4. The summed E-state index contributed by atoms with van der Waals surface area (Å²) in [5.41, 5.74) is 3.99. The van der Waals surface area contributed by atoms with Gasteiger partial charge in [-0.25, -0.2) is 0 Å². The van der Waals surface area contributed by atoms with Crippen LogP contribution in [0.2, 0.25) is 0 Å². The Labute approximate surface area is 147 Å². The Morgan fingerprint density at radius 1 is 1.17 bits per heavy atom. The highest BCUT2D eigenvalue weighted by molar-refractivity contribution is 7.99. The highest BCUT2D eigenvalue weighted by Crippen LogP contribution is 2.29. The van der Waals surface area contributed by atoms with Crippen molar-refractivity contribution in [2.45, 2.75) is 19.0 Å². The number of Topliss-reactive ketones (excluding diaryl/α,β-unsaturated/α-hetero) is 1. The molecule has 0 saturated carbocycles. The molecule has 6 heteroatoms. The van der Waals surface area contributed by atoms with Crippen molar-refractivity contribution in [1.82, 2.24) is 14.6 Å². The molecule has 0 aliphatic heterocycles. The molecule has 0 amide bonds. The average molecular weight is 353 g/mol. The van der Waals surface area contributed by atoms with Crippen LogP contribution in [0.3, 0.4) is 0 Å². The molecule has 120 valence electrons. The van der Waals surface area contributed by atoms with Gasteiger partial charge >= 0.3 is 0 Å². The monoisotopic (exact) mass is 353 g/mol. The summed E-state index contributed by atoms with van der Waals surface area (Å²) in [6.45, 7) is 3.97. The van der Waals surface area contributed by atoms with Crippen LogP contribution in [-0.2, 0) is 0 Å². The summed E-state index contributed by atoms with van der Waals surface area (Å²) < 4.78 is 3.20. The molecule has 0 aliphatic rings. The number of nitrogens with zero attached hydrogens (tertiary/aromatic N) is 3. The summed E-state index contributed by atoms with van der Waals surface area (Å²) >= 11 is 3.05. The molecular formula is C18H15N3OS2. The average Bonchev–Trinajstić information content (AvgIpc) is 3.14. The number of thiazole rings is 1. The predicted molar refractivity (Wildman–Crippen MR) is 99.3 cm³/mol. The minimum atomic E-state index is 0.123. The van der Waals surface area contributed by atoms with Crippen LogP contribution in [-0.4, -0.2) is 26.1 Å². The first-order valence-electron chi connectivity index (χ1n) is 7.59. The summed E-state index contributed by atoms with van der Waals surface area (Å²) in [5, 5.41) is 9.25. The van der Waals surface area contributed by atoms with E-state index < -0.39 is 0 Å². The number of carbonyl (C=O) groups is 1. The van der Waals surface area contributed by atoms with Crippen LogP contribution in [0, 0.1) is 13.8 Å². The van der Waals surface area contributed by atoms with Gasteiger partial charge in [-0.15, -0.1) is 10.2 Å². The molecule has 0 fully saturated rings. The second kappa shape index (κ2) is 6.03. The molecule has 24 heavy (non-hydrogen) atoms. The van der Waals surface area contributed by atoms with Crippen LogP contribution in [0.5, 0.6) is 0 Å². The highest BCUT2D eigenvalue weighted by atomic mass is 32.2. The lowest BCUT2D eigenvalue weighted by atomic mass is 10.0. The zero-order valence-corrected chi connectivity index (χ0v) is 14.9. The van der Waals surface area contributed by atoms with Gasteiger partial charge in [0.1, 0.15) is 0 Å². The molecule has 0 atom stereocenters. The number of thioether (sulfide) groups is 1. The zero-order valence-electron chi connectivity index (χ0n) is 13.3. The van der Waals surface area contributed by atoms with Crippen LogP contribution >= 0.6 is 23.1 Å². The lowest BCUT2D eigenvalue weighted by Crippen LogP contribution is -2.05. The standard InChI is InChI=1S/C18H15N3OS2/c1-11-7-8-12(2)13(9-11)15(22)10-23-17-19-20-18-21(17)14-5-3-4-6-16(14)24-18/h3-9H,10H2,1-2H3. The van der Waals surface area contributed by atoms with Gasteiger partial charge in [0.05, 0.1) is 16.0 Å². The lowest BCUT2D eigenvalue weighted by molar-refractivity contribution is 0.102. The second-order valence-corrected chi connectivity index (χ2v) is 7.65. The number of aromatic nitrogens is 3. The van der Waals surface area contributed by atoms with Gasteiger partial charge in [0, 0.05) is 5.56 Å². The van der Waals surface area contributed by atoms with Crippen molar-refractivity contribution in [3.63, 3.8) is 0 Å². The number of hydrogen-bond donors (Lipinski definition) is 0. The van der Waals surface area contributed by atoms with E-state index in [2.05, 4.69) is 22.3 Å². The molecule has 0 spiro atoms. The van der Waals surface area contributed by atoms with Gasteiger partial charge in [-0.05, 0) is 37.6 Å². The van der Waals surface area contributed by atoms with E-state index in [0.29, 0.717) is 5.75 Å². The van der Waals surface area contributed by atoms with Crippen LogP contribution in [0.25, 0.3) is 15.2 Å². The zero-order chi connectivity index (χ0) is 16.7. The fourth-order valence-electron chi connectivity index (χ4n) is 2.69. The summed E-state index contributed by atoms with van der Waals surface area (Å²) in [7, 11) is 0. The van der Waals surface area contributed by atoms with Crippen molar-refractivity contribution in [3.05, 3.63) is 59.2 Å². The first-order valence-corrected chi connectivity index (χ1v) is 9.39. The Balaban J connectivity index is 1.63. The first-order chi connectivity index (χ1) is 11.6. The maximum Gasteiger partial charge on any atom is 0.217 e. The number of ketones is 1. The van der Waals surface area contributed by atoms with Crippen LogP contribution in [0.1, 0.15) is 21.5 Å². The second-order valence-electron chi connectivity index (χ2n) is 5.70. The van der Waals surface area contributed by atoms with Crippen LogP contribution < -0.4 is 0 Å². The number of benzene rings is 2. The molecule has 0 unspecified atom stereocenters. The maximum atomic E-state index is 12.6. The largest absolute Gasteiger partial charge is 0.293 e. The van der Waals surface area contributed by atoms with E-state index in [1.807, 2.05) is 48.6 Å². The van der Waals surface area contributed by atoms with Gasteiger partial charge in [-0.3, -0.25) is 9.20 Å². The first kappa shape index (κ1) is 15.4. The fourth-order valence-corrected chi connectivity index (χ4v) is 4.54. The Hall–Kier alpha value is -2.18. The van der Waals surface area contributed by atoms with E-state index in [-0.39, 0.29) is 5.78 Å². The van der Waals surface area contributed by atoms with Gasteiger partial charge in [0.15, 0.2) is 10.9 Å². The number of para-hydroxylation sites is 1. The minimum absolute atomic E-state index is 0.123. The van der Waals surface area contributed by atoms with Crippen LogP contribution in [0.15, 0.2) is 47.6 Å². The number of fused-ring (bicyclic) bond motifs is 3. The minimum Gasteiger partial charge on any atom is -0.293 e. The number of aryl methyl sites for hydroxylation is 2. The van der Waals surface area contributed by atoms with Crippen molar-refractivity contribution < 1.29 is 4.79 Å². The van der Waals surface area contributed by atoms with Gasteiger partial charge < -0.3 is 0 Å². The Bertz CT molecular complexity index is 1060. The van der Waals surface area contributed by atoms with Crippen LogP contribution in [0.4, 0.5) is 0 Å². The Kier molecular flexibility index (Phi) is 3.86. The summed E-state index contributed by atoms with van der Waals surface area (Å²) in [6, 6.07) is 14.1. The maximum absolute atomic E-state index is 12.6. The highest BCUT2D eigenvalue weighted by Gasteiger charge is 2.15. The number of carbonyl (C=O) groups excluding carboxylic acids is 1. The molecular weight excluding hydrogens is 338 g/mol. The van der Waals surface area contributed by atoms with E-state index >= 15 is 0 Å². The molecule has 2 aromatic carbocycles. The predicted octanol–water partition coefficient (Wildman–Crippen LogP) is 4.54. The van der Waals surface area contributed by atoms with Gasteiger partial charge in [0.2, 0.25) is 4.96 Å². The van der Waals surface area contributed by atoms with Gasteiger partial charge in [0.25, 0.3) is 0 Å². The van der Waals surface area contributed by atoms with E-state index in [0.717, 1.165) is 32.3 Å². The third kappa shape index (κ3) is 2.61. The van der Waals surface area contributed by atoms with Crippen molar-refractivity contribution in [2.75, 3.05) is 5.75 Å². The third-order valence-corrected chi connectivity index (χ3v) is 5.88. The smallest absolute Gasteiger partial charge is 0.217 e. The summed E-state index contributed by atoms with van der Waals surface area (Å²) in [5.74, 6) is 0.479. The summed E-state index contributed by atoms with van der Waals surface area (Å²) in [4.78, 5) is 13.4. The van der Waals surface area contributed by atoms with E-state index in [1.54, 1.807) is 11.3 Å². The van der Waals surface area contributed by atoms with Crippen molar-refractivity contribution in [2.24, 2.45) is 0 Å². The Morgan fingerprint density at radius 3 is 2.88 bits per heavy atom. The quantitative estimate of drug-likeness (QED) is 0.399. The molecule has 2 heterocycles. The van der Waals surface area contributed by atoms with Crippen molar-refractivity contribution in [1.29, 1.82) is 0 Å². The molecule has 2 aromatic heterocycles. The SMILES string of the molecule is Cc1ccc(C)c(C(=O)CSc2nnc3sc4ccccc4n23)c1. The number of hydrogen-bond acceptors (Lipinski definition) is 5. The van der Waals surface area contributed by atoms with Gasteiger partial charge in [-0.1, -0.05) is 52.9 Å². The molecule has 4 aromatic rings. The van der Waals surface area contributed by atoms with Crippen molar-refractivity contribution in [3.8, 4) is 0 Å². The molecule has 0 bridgehead atoms. The molecule has 0 saturated heterocycles. The lowest BCUT2D eigenvalue weighted by Gasteiger charge is -2.05. The number of rotatable bonds is 4. The summed E-state index contributed by atoms with van der Waals surface area (Å²) in [6.07, 6.45) is 0. The molecule has 0 N–H and O–H groups in total. The van der Waals surface area contributed by atoms with E-state index in [9.17, 15) is 4.79 Å².